The van der Waals surface area contributed by atoms with E-state index < -0.39 is 0 Å². The third-order valence-corrected chi connectivity index (χ3v) is 4.67. The van der Waals surface area contributed by atoms with Gasteiger partial charge in [0.15, 0.2) is 5.96 Å². The van der Waals surface area contributed by atoms with E-state index in [0.29, 0.717) is 12.1 Å². The van der Waals surface area contributed by atoms with E-state index in [1.807, 2.05) is 24.3 Å². The quantitative estimate of drug-likeness (QED) is 0.459. The van der Waals surface area contributed by atoms with Crippen LogP contribution in [0.25, 0.3) is 10.8 Å². The van der Waals surface area contributed by atoms with Crippen molar-refractivity contribution in [1.29, 1.82) is 0 Å². The minimum absolute atomic E-state index is 0.0672. The highest BCUT2D eigenvalue weighted by molar-refractivity contribution is 5.94. The monoisotopic (exact) mass is 374 g/mol. The molecule has 3 rings (SSSR count). The molecule has 5 heteroatoms. The zero-order chi connectivity index (χ0) is 19.8. The van der Waals surface area contributed by atoms with E-state index >= 15 is 0 Å². The van der Waals surface area contributed by atoms with Gasteiger partial charge in [-0.15, -0.1) is 0 Å². The molecule has 0 aliphatic heterocycles. The summed E-state index contributed by atoms with van der Waals surface area (Å²) in [5.74, 6) is 0.692. The summed E-state index contributed by atoms with van der Waals surface area (Å²) in [5.41, 5.74) is 3.02. The number of carbonyl (C=O) groups is 1. The molecule has 0 saturated heterocycles. The van der Waals surface area contributed by atoms with Crippen LogP contribution in [0.15, 0.2) is 71.7 Å². The number of aliphatic imine (C=N–C) groups is 1. The van der Waals surface area contributed by atoms with Gasteiger partial charge in [-0.2, -0.15) is 0 Å². The molecule has 3 N–H and O–H groups in total. The number of nitrogens with zero attached hydrogens (tertiary/aromatic N) is 1. The number of rotatable bonds is 6. The van der Waals surface area contributed by atoms with Crippen LogP contribution in [-0.4, -0.2) is 32.5 Å². The number of fused-ring (bicyclic) bond motifs is 1. The molecular weight excluding hydrogens is 348 g/mol. The second-order valence-electron chi connectivity index (χ2n) is 6.52. The zero-order valence-corrected chi connectivity index (χ0v) is 16.3. The molecule has 28 heavy (non-hydrogen) atoms. The van der Waals surface area contributed by atoms with E-state index in [9.17, 15) is 4.79 Å². The lowest BCUT2D eigenvalue weighted by atomic mass is 10.0. The minimum atomic E-state index is -0.0672. The number of amides is 1. The van der Waals surface area contributed by atoms with Crippen LogP contribution in [0, 0.1) is 0 Å². The van der Waals surface area contributed by atoms with Crippen molar-refractivity contribution in [3.63, 3.8) is 0 Å². The predicted octanol–water partition coefficient (Wildman–Crippen LogP) is 3.11. The number of guanidine groups is 1. The average molecular weight is 374 g/mol. The van der Waals surface area contributed by atoms with Gasteiger partial charge in [0.1, 0.15) is 0 Å². The molecule has 0 aliphatic rings. The smallest absolute Gasteiger partial charge is 0.251 e. The number of nitrogens with one attached hydrogen (secondary N) is 3. The van der Waals surface area contributed by atoms with Gasteiger partial charge in [-0.1, -0.05) is 54.6 Å². The number of carbonyl (C=O) groups excluding carboxylic acids is 1. The summed E-state index contributed by atoms with van der Waals surface area (Å²) < 4.78 is 0. The maximum Gasteiger partial charge on any atom is 0.251 e. The Morgan fingerprint density at radius 2 is 1.75 bits per heavy atom. The first-order valence-corrected chi connectivity index (χ1v) is 9.43. The summed E-state index contributed by atoms with van der Waals surface area (Å²) in [5, 5.41) is 11.9. The summed E-state index contributed by atoms with van der Waals surface area (Å²) in [4.78, 5) is 16.1. The van der Waals surface area contributed by atoms with Crippen LogP contribution in [0.3, 0.4) is 0 Å². The average Bonchev–Trinajstić information content (AvgIpc) is 2.75. The van der Waals surface area contributed by atoms with Crippen molar-refractivity contribution in [3.05, 3.63) is 83.4 Å². The van der Waals surface area contributed by atoms with Gasteiger partial charge in [0.25, 0.3) is 5.91 Å². The minimum Gasteiger partial charge on any atom is -0.356 e. The van der Waals surface area contributed by atoms with Gasteiger partial charge in [-0.05, 0) is 40.5 Å². The Hall–Kier alpha value is -3.34. The molecular formula is C23H26N4O. The fourth-order valence-corrected chi connectivity index (χ4v) is 3.18. The topological polar surface area (TPSA) is 65.5 Å². The van der Waals surface area contributed by atoms with Crippen LogP contribution in [0.1, 0.15) is 21.5 Å². The van der Waals surface area contributed by atoms with Gasteiger partial charge in [-0.25, -0.2) is 0 Å². The number of hydrogen-bond acceptors (Lipinski definition) is 2. The number of hydrogen-bond donors (Lipinski definition) is 3. The van der Waals surface area contributed by atoms with Gasteiger partial charge in [-0.3, -0.25) is 9.79 Å². The van der Waals surface area contributed by atoms with E-state index in [0.717, 1.165) is 24.5 Å². The molecule has 0 bridgehead atoms. The molecule has 0 heterocycles. The van der Waals surface area contributed by atoms with Crippen molar-refractivity contribution in [2.45, 2.75) is 13.0 Å². The van der Waals surface area contributed by atoms with Gasteiger partial charge >= 0.3 is 0 Å². The van der Waals surface area contributed by atoms with Gasteiger partial charge in [0.2, 0.25) is 0 Å². The van der Waals surface area contributed by atoms with Gasteiger partial charge in [0, 0.05) is 32.7 Å². The van der Waals surface area contributed by atoms with Crippen LogP contribution >= 0.6 is 0 Å². The van der Waals surface area contributed by atoms with Crippen molar-refractivity contribution < 1.29 is 4.79 Å². The molecule has 0 spiro atoms. The summed E-state index contributed by atoms with van der Waals surface area (Å²) in [7, 11) is 3.41. The summed E-state index contributed by atoms with van der Waals surface area (Å²) in [6.07, 6.45) is 0.805. The fraction of sp³-hybridized carbons (Fsp3) is 0.217. The molecule has 144 valence electrons. The molecule has 0 atom stereocenters. The Kier molecular flexibility index (Phi) is 6.63. The van der Waals surface area contributed by atoms with E-state index in [2.05, 4.69) is 63.4 Å². The SMILES string of the molecule is CN=C(NCCc1cccc(C(=O)NC)c1)NCc1cccc2ccccc12. The van der Waals surface area contributed by atoms with Crippen LogP contribution in [-0.2, 0) is 13.0 Å². The molecule has 0 radical (unpaired) electrons. The summed E-state index contributed by atoms with van der Waals surface area (Å²) in [6, 6.07) is 22.4. The van der Waals surface area contributed by atoms with E-state index in [4.69, 9.17) is 0 Å². The van der Waals surface area contributed by atoms with Crippen molar-refractivity contribution in [1.82, 2.24) is 16.0 Å². The Morgan fingerprint density at radius 1 is 0.964 bits per heavy atom. The number of benzene rings is 3. The van der Waals surface area contributed by atoms with Crippen LogP contribution in [0.2, 0.25) is 0 Å². The Morgan fingerprint density at radius 3 is 2.57 bits per heavy atom. The first kappa shape index (κ1) is 19.4. The third-order valence-electron chi connectivity index (χ3n) is 4.67. The lowest BCUT2D eigenvalue weighted by Gasteiger charge is -2.13. The molecule has 0 fully saturated rings. The van der Waals surface area contributed by atoms with Crippen molar-refractivity contribution in [3.8, 4) is 0 Å². The second kappa shape index (κ2) is 9.55. The Balaban J connectivity index is 1.55. The first-order valence-electron chi connectivity index (χ1n) is 9.43. The summed E-state index contributed by atoms with van der Waals surface area (Å²) in [6.45, 7) is 1.43. The lowest BCUT2D eigenvalue weighted by molar-refractivity contribution is 0.0963. The predicted molar refractivity (Wildman–Crippen MR) is 116 cm³/mol. The van der Waals surface area contributed by atoms with E-state index in [1.54, 1.807) is 14.1 Å². The van der Waals surface area contributed by atoms with E-state index in [1.165, 1.54) is 16.3 Å². The van der Waals surface area contributed by atoms with Crippen LogP contribution in [0.5, 0.6) is 0 Å². The summed E-state index contributed by atoms with van der Waals surface area (Å²) >= 11 is 0. The molecule has 0 aromatic heterocycles. The lowest BCUT2D eigenvalue weighted by Crippen LogP contribution is -2.37. The van der Waals surface area contributed by atoms with Crippen LogP contribution in [0.4, 0.5) is 0 Å². The Labute approximate surface area is 165 Å². The molecule has 0 unspecified atom stereocenters. The normalized spacial score (nSPS) is 11.3. The van der Waals surface area contributed by atoms with Crippen molar-refractivity contribution >= 4 is 22.6 Å². The first-order chi connectivity index (χ1) is 13.7. The maximum atomic E-state index is 11.8. The second-order valence-corrected chi connectivity index (χ2v) is 6.52. The molecule has 3 aromatic rings. The van der Waals surface area contributed by atoms with Crippen LogP contribution < -0.4 is 16.0 Å². The van der Waals surface area contributed by atoms with Gasteiger partial charge < -0.3 is 16.0 Å². The molecule has 3 aromatic carbocycles. The maximum absolute atomic E-state index is 11.8. The fourth-order valence-electron chi connectivity index (χ4n) is 3.18. The largest absolute Gasteiger partial charge is 0.356 e. The highest BCUT2D eigenvalue weighted by atomic mass is 16.1. The van der Waals surface area contributed by atoms with Crippen molar-refractivity contribution in [2.75, 3.05) is 20.6 Å². The van der Waals surface area contributed by atoms with Crippen molar-refractivity contribution in [2.24, 2.45) is 4.99 Å². The molecule has 1 amide bonds. The highest BCUT2D eigenvalue weighted by Crippen LogP contribution is 2.18. The molecule has 0 saturated carbocycles. The third kappa shape index (κ3) is 4.88. The van der Waals surface area contributed by atoms with Gasteiger partial charge in [0.05, 0.1) is 0 Å². The highest BCUT2D eigenvalue weighted by Gasteiger charge is 2.05. The van der Waals surface area contributed by atoms with E-state index in [-0.39, 0.29) is 5.91 Å². The molecule has 5 nitrogen and oxygen atoms in total. The zero-order valence-electron chi connectivity index (χ0n) is 16.3. The standard InChI is InChI=1S/C23H26N4O/c1-24-22(28)19-10-5-7-17(15-19)13-14-26-23(25-2)27-16-20-11-6-9-18-8-3-4-12-21(18)20/h3-12,15H,13-14,16H2,1-2H3,(H,24,28)(H2,25,26,27). The molecule has 0 aliphatic carbocycles. The Bertz CT molecular complexity index is 976.